The summed E-state index contributed by atoms with van der Waals surface area (Å²) in [5, 5.41) is 11.3. The molecule has 0 fully saturated rings. The molecule has 0 spiro atoms. The number of H-pyrrole nitrogens is 1. The summed E-state index contributed by atoms with van der Waals surface area (Å²) in [5.74, 6) is 0. The van der Waals surface area contributed by atoms with Crippen LogP contribution in [-0.2, 0) is 6.54 Å². The van der Waals surface area contributed by atoms with Crippen LogP contribution < -0.4 is 5.32 Å². The summed E-state index contributed by atoms with van der Waals surface area (Å²) in [6.45, 7) is 0.732. The normalized spacial score (nSPS) is 10.6. The van der Waals surface area contributed by atoms with Crippen molar-refractivity contribution >= 4 is 23.4 Å². The second-order valence-corrected chi connectivity index (χ2v) is 4.58. The number of aromatic amines is 1. The molecule has 0 aliphatic carbocycles. The van der Waals surface area contributed by atoms with Crippen LogP contribution in [0.25, 0.3) is 0 Å². The molecule has 1 aromatic carbocycles. The van der Waals surface area contributed by atoms with E-state index in [-0.39, 0.29) is 0 Å². The molecule has 2 rings (SSSR count). The predicted molar refractivity (Wildman–Crippen MR) is 64.7 cm³/mol. The van der Waals surface area contributed by atoms with E-state index < -0.39 is 0 Å². The standard InChI is InChI=1S/C10H11ClN4S/c1-12-5-7-8(11)3-2-4-9(7)16-10-13-6-14-15-10/h2-4,6,12H,5H2,1H3,(H,13,14,15). The van der Waals surface area contributed by atoms with Crippen LogP contribution in [0, 0.1) is 0 Å². The van der Waals surface area contributed by atoms with Crippen LogP contribution in [0.1, 0.15) is 5.56 Å². The first-order valence-electron chi connectivity index (χ1n) is 4.76. The van der Waals surface area contributed by atoms with Gasteiger partial charge in [-0.3, -0.25) is 5.10 Å². The van der Waals surface area contributed by atoms with E-state index in [1.807, 2.05) is 25.2 Å². The Balaban J connectivity index is 2.29. The van der Waals surface area contributed by atoms with Crippen molar-refractivity contribution in [2.24, 2.45) is 0 Å². The summed E-state index contributed by atoms with van der Waals surface area (Å²) in [5.41, 5.74) is 1.08. The molecule has 0 saturated carbocycles. The van der Waals surface area contributed by atoms with E-state index in [2.05, 4.69) is 20.5 Å². The van der Waals surface area contributed by atoms with Gasteiger partial charge in [-0.25, -0.2) is 4.98 Å². The van der Waals surface area contributed by atoms with Crippen molar-refractivity contribution in [3.63, 3.8) is 0 Å². The van der Waals surface area contributed by atoms with Crippen molar-refractivity contribution in [2.45, 2.75) is 16.6 Å². The maximum Gasteiger partial charge on any atom is 0.188 e. The van der Waals surface area contributed by atoms with E-state index in [0.29, 0.717) is 0 Å². The molecule has 0 unspecified atom stereocenters. The van der Waals surface area contributed by atoms with Gasteiger partial charge in [-0.15, -0.1) is 0 Å². The summed E-state index contributed by atoms with van der Waals surface area (Å²) in [4.78, 5) is 5.16. The Hall–Kier alpha value is -1.04. The summed E-state index contributed by atoms with van der Waals surface area (Å²) in [6, 6.07) is 5.84. The molecular weight excluding hydrogens is 244 g/mol. The molecule has 1 aromatic heterocycles. The molecular formula is C10H11ClN4S. The van der Waals surface area contributed by atoms with E-state index >= 15 is 0 Å². The first kappa shape index (κ1) is 11.4. The van der Waals surface area contributed by atoms with Crippen LogP contribution >= 0.6 is 23.4 Å². The third-order valence-corrected chi connectivity index (χ3v) is 3.38. The second kappa shape index (κ2) is 5.34. The van der Waals surface area contributed by atoms with Crippen LogP contribution in [0.3, 0.4) is 0 Å². The molecule has 0 aliphatic heterocycles. The van der Waals surface area contributed by atoms with Gasteiger partial charge in [-0.2, -0.15) is 5.10 Å². The van der Waals surface area contributed by atoms with Crippen molar-refractivity contribution in [1.29, 1.82) is 0 Å². The van der Waals surface area contributed by atoms with Gasteiger partial charge in [0.1, 0.15) is 6.33 Å². The first-order valence-corrected chi connectivity index (χ1v) is 5.96. The van der Waals surface area contributed by atoms with Crippen LogP contribution in [0.2, 0.25) is 5.02 Å². The van der Waals surface area contributed by atoms with E-state index in [4.69, 9.17) is 11.6 Å². The highest BCUT2D eigenvalue weighted by Gasteiger charge is 2.08. The lowest BCUT2D eigenvalue weighted by Crippen LogP contribution is -2.06. The van der Waals surface area contributed by atoms with Crippen molar-refractivity contribution in [2.75, 3.05) is 7.05 Å². The maximum atomic E-state index is 6.15. The zero-order chi connectivity index (χ0) is 11.4. The highest BCUT2D eigenvalue weighted by Crippen LogP contribution is 2.31. The molecule has 1 heterocycles. The minimum Gasteiger partial charge on any atom is -0.316 e. The highest BCUT2D eigenvalue weighted by atomic mass is 35.5. The fourth-order valence-electron chi connectivity index (χ4n) is 1.33. The SMILES string of the molecule is CNCc1c(Cl)cccc1Sc1ncn[nH]1. The number of benzene rings is 1. The van der Waals surface area contributed by atoms with Gasteiger partial charge in [0.2, 0.25) is 0 Å². The van der Waals surface area contributed by atoms with Crippen molar-refractivity contribution in [3.8, 4) is 0 Å². The van der Waals surface area contributed by atoms with Crippen LogP contribution in [-0.4, -0.2) is 22.2 Å². The molecule has 2 N–H and O–H groups in total. The molecule has 0 aliphatic rings. The number of hydrogen-bond acceptors (Lipinski definition) is 4. The van der Waals surface area contributed by atoms with Gasteiger partial charge >= 0.3 is 0 Å². The Labute approximate surface area is 103 Å². The largest absolute Gasteiger partial charge is 0.316 e. The minimum absolute atomic E-state index is 0.732. The van der Waals surface area contributed by atoms with Gasteiger partial charge in [0.15, 0.2) is 5.16 Å². The molecule has 0 atom stereocenters. The first-order chi connectivity index (χ1) is 7.81. The minimum atomic E-state index is 0.732. The molecule has 0 saturated heterocycles. The van der Waals surface area contributed by atoms with Crippen LogP contribution in [0.5, 0.6) is 0 Å². The molecule has 6 heteroatoms. The number of halogens is 1. The van der Waals surface area contributed by atoms with Gasteiger partial charge < -0.3 is 5.32 Å². The monoisotopic (exact) mass is 254 g/mol. The molecule has 0 radical (unpaired) electrons. The van der Waals surface area contributed by atoms with E-state index in [1.54, 1.807) is 0 Å². The lowest BCUT2D eigenvalue weighted by molar-refractivity contribution is 0.803. The van der Waals surface area contributed by atoms with E-state index in [0.717, 1.165) is 27.2 Å². The lowest BCUT2D eigenvalue weighted by atomic mass is 10.2. The lowest BCUT2D eigenvalue weighted by Gasteiger charge is -2.08. The predicted octanol–water partition coefficient (Wildman–Crippen LogP) is 2.33. The topological polar surface area (TPSA) is 53.6 Å². The van der Waals surface area contributed by atoms with Crippen molar-refractivity contribution in [3.05, 3.63) is 35.1 Å². The number of hydrogen-bond donors (Lipinski definition) is 2. The fourth-order valence-corrected chi connectivity index (χ4v) is 2.49. The molecule has 2 aromatic rings. The van der Waals surface area contributed by atoms with Gasteiger partial charge in [-0.05, 0) is 36.5 Å². The zero-order valence-corrected chi connectivity index (χ0v) is 10.3. The Bertz CT molecular complexity index is 458. The summed E-state index contributed by atoms with van der Waals surface area (Å²) in [7, 11) is 1.90. The Kier molecular flexibility index (Phi) is 3.82. The maximum absolute atomic E-state index is 6.15. The number of rotatable bonds is 4. The molecule has 84 valence electrons. The van der Waals surface area contributed by atoms with E-state index in [1.165, 1.54) is 18.1 Å². The average Bonchev–Trinajstić information content (AvgIpc) is 2.76. The van der Waals surface area contributed by atoms with Gasteiger partial charge in [0.05, 0.1) is 0 Å². The Morgan fingerprint density at radius 2 is 2.38 bits per heavy atom. The highest BCUT2D eigenvalue weighted by molar-refractivity contribution is 7.99. The molecule has 16 heavy (non-hydrogen) atoms. The quantitative estimate of drug-likeness (QED) is 0.879. The average molecular weight is 255 g/mol. The summed E-state index contributed by atoms with van der Waals surface area (Å²) >= 11 is 7.67. The van der Waals surface area contributed by atoms with Crippen LogP contribution in [0.4, 0.5) is 0 Å². The molecule has 0 amide bonds. The molecule has 4 nitrogen and oxygen atoms in total. The van der Waals surface area contributed by atoms with Crippen LogP contribution in [0.15, 0.2) is 34.6 Å². The zero-order valence-electron chi connectivity index (χ0n) is 8.70. The summed E-state index contributed by atoms with van der Waals surface area (Å²) < 4.78 is 0. The smallest absolute Gasteiger partial charge is 0.188 e. The number of aromatic nitrogens is 3. The van der Waals surface area contributed by atoms with Crippen molar-refractivity contribution in [1.82, 2.24) is 20.5 Å². The van der Waals surface area contributed by atoms with Gasteiger partial charge in [0.25, 0.3) is 0 Å². The summed E-state index contributed by atoms with van der Waals surface area (Å²) in [6.07, 6.45) is 1.49. The molecule has 0 bridgehead atoms. The Morgan fingerprint density at radius 1 is 1.50 bits per heavy atom. The van der Waals surface area contributed by atoms with E-state index in [9.17, 15) is 0 Å². The second-order valence-electron chi connectivity index (χ2n) is 3.14. The number of nitrogens with one attached hydrogen (secondary N) is 2. The third kappa shape index (κ3) is 2.55. The van der Waals surface area contributed by atoms with Gasteiger partial charge in [0, 0.05) is 16.5 Å². The number of nitrogens with zero attached hydrogens (tertiary/aromatic N) is 2. The third-order valence-electron chi connectivity index (χ3n) is 2.03. The Morgan fingerprint density at radius 3 is 3.06 bits per heavy atom. The van der Waals surface area contributed by atoms with Crippen molar-refractivity contribution < 1.29 is 0 Å². The fraction of sp³-hybridized carbons (Fsp3) is 0.200. The van der Waals surface area contributed by atoms with Gasteiger partial charge in [-0.1, -0.05) is 17.7 Å².